The Morgan fingerprint density at radius 1 is 0.448 bits per heavy atom. The molecule has 0 N–H and O–H groups in total. The van der Waals surface area contributed by atoms with E-state index >= 15 is 0 Å². The summed E-state index contributed by atoms with van der Waals surface area (Å²) >= 11 is 0. The molecule has 0 unspecified atom stereocenters. The molecule has 1 aliphatic rings. The predicted octanol–water partition coefficient (Wildman–Crippen LogP) is 15.7. The molecule has 3 nitrogen and oxygen atoms in total. The molecule has 0 saturated heterocycles. The monoisotopic (exact) mass is 744 g/mol. The van der Waals surface area contributed by atoms with E-state index in [9.17, 15) is 0 Å². The van der Waals surface area contributed by atoms with Crippen molar-refractivity contribution in [1.29, 1.82) is 0 Å². The third-order valence-corrected chi connectivity index (χ3v) is 12.0. The average Bonchev–Trinajstić information content (AvgIpc) is 3.67. The van der Waals surface area contributed by atoms with Crippen molar-refractivity contribution in [2.24, 2.45) is 0 Å². The highest BCUT2D eigenvalue weighted by molar-refractivity contribution is 6.11. The number of para-hydroxylation sites is 3. The molecule has 0 spiro atoms. The van der Waals surface area contributed by atoms with Crippen molar-refractivity contribution in [3.05, 3.63) is 217 Å². The highest BCUT2D eigenvalue weighted by Crippen LogP contribution is 2.56. The Hall–Kier alpha value is -7.36. The molecule has 11 rings (SSSR count). The van der Waals surface area contributed by atoms with E-state index in [0.29, 0.717) is 0 Å². The Kier molecular flexibility index (Phi) is 7.84. The van der Waals surface area contributed by atoms with Gasteiger partial charge in [0.25, 0.3) is 0 Å². The molecular weight excluding hydrogens is 705 g/mol. The Morgan fingerprint density at radius 3 is 1.88 bits per heavy atom. The fourth-order valence-corrected chi connectivity index (χ4v) is 9.19. The standard InChI is InChI=1S/C55H40N2O/c1-55(2)47-24-12-13-25-49(47)57(53-43-21-10-9-20-40(43)30-34-44(53)39-18-7-4-8-19-39)50-35-33-42(36-48(50)55)56(41-31-28-38(29-32-41)37-16-5-3-6-17-37)51-26-15-23-46-45-22-11-14-27-52(45)58-54(46)51/h3-36H,1-2H3. The highest BCUT2D eigenvalue weighted by atomic mass is 16.3. The molecule has 3 heteroatoms. The molecule has 0 saturated carbocycles. The van der Waals surface area contributed by atoms with Crippen LogP contribution in [0, 0.1) is 0 Å². The summed E-state index contributed by atoms with van der Waals surface area (Å²) in [6.45, 7) is 4.73. The van der Waals surface area contributed by atoms with E-state index in [1.54, 1.807) is 0 Å². The van der Waals surface area contributed by atoms with Crippen LogP contribution in [0.5, 0.6) is 0 Å². The first kappa shape index (κ1) is 33.9. The molecule has 0 bridgehead atoms. The van der Waals surface area contributed by atoms with Crippen LogP contribution in [0.3, 0.4) is 0 Å². The minimum Gasteiger partial charge on any atom is -0.454 e. The van der Waals surface area contributed by atoms with Gasteiger partial charge in [-0.1, -0.05) is 172 Å². The van der Waals surface area contributed by atoms with E-state index in [0.717, 1.165) is 39.0 Å². The van der Waals surface area contributed by atoms with Gasteiger partial charge in [-0.25, -0.2) is 0 Å². The SMILES string of the molecule is CC1(C)c2ccccc2N(c2c(-c3ccccc3)ccc3ccccc23)c2ccc(N(c3ccc(-c4ccccc4)cc3)c3cccc4c3oc3ccccc34)cc21. The van der Waals surface area contributed by atoms with Crippen LogP contribution in [0.4, 0.5) is 34.1 Å². The quantitative estimate of drug-likeness (QED) is 0.169. The van der Waals surface area contributed by atoms with Crippen molar-refractivity contribution in [2.75, 3.05) is 9.80 Å². The number of nitrogens with zero attached hydrogens (tertiary/aromatic N) is 2. The van der Waals surface area contributed by atoms with E-state index in [-0.39, 0.29) is 5.41 Å². The van der Waals surface area contributed by atoms with E-state index in [2.05, 4.69) is 224 Å². The third-order valence-electron chi connectivity index (χ3n) is 12.0. The summed E-state index contributed by atoms with van der Waals surface area (Å²) in [6.07, 6.45) is 0. The molecule has 0 fully saturated rings. The van der Waals surface area contributed by atoms with Gasteiger partial charge in [-0.05, 0) is 81.7 Å². The summed E-state index contributed by atoms with van der Waals surface area (Å²) in [5.41, 5.74) is 15.4. The number of furan rings is 1. The summed E-state index contributed by atoms with van der Waals surface area (Å²) in [7, 11) is 0. The van der Waals surface area contributed by atoms with E-state index in [1.165, 1.54) is 61.2 Å². The molecule has 0 aliphatic carbocycles. The fraction of sp³-hybridized carbons (Fsp3) is 0.0545. The zero-order chi connectivity index (χ0) is 38.8. The molecule has 10 aromatic rings. The van der Waals surface area contributed by atoms with E-state index in [1.807, 2.05) is 6.07 Å². The molecule has 9 aromatic carbocycles. The van der Waals surface area contributed by atoms with Gasteiger partial charge in [-0.3, -0.25) is 0 Å². The summed E-state index contributed by atoms with van der Waals surface area (Å²) in [5, 5.41) is 4.63. The zero-order valence-corrected chi connectivity index (χ0v) is 32.4. The molecule has 2 heterocycles. The number of hydrogen-bond donors (Lipinski definition) is 0. The second-order valence-corrected chi connectivity index (χ2v) is 15.7. The summed E-state index contributed by atoms with van der Waals surface area (Å²) < 4.78 is 6.72. The van der Waals surface area contributed by atoms with Crippen molar-refractivity contribution in [3.63, 3.8) is 0 Å². The zero-order valence-electron chi connectivity index (χ0n) is 32.4. The lowest BCUT2D eigenvalue weighted by atomic mass is 9.73. The van der Waals surface area contributed by atoms with Crippen molar-refractivity contribution in [3.8, 4) is 22.3 Å². The van der Waals surface area contributed by atoms with Crippen LogP contribution < -0.4 is 9.80 Å². The number of benzene rings is 9. The molecule has 0 atom stereocenters. The van der Waals surface area contributed by atoms with Crippen LogP contribution >= 0.6 is 0 Å². The second kappa shape index (κ2) is 13.4. The van der Waals surface area contributed by atoms with Crippen LogP contribution in [-0.2, 0) is 5.41 Å². The van der Waals surface area contributed by atoms with Gasteiger partial charge in [-0.15, -0.1) is 0 Å². The number of rotatable bonds is 6. The number of fused-ring (bicyclic) bond motifs is 6. The lowest BCUT2D eigenvalue weighted by Crippen LogP contribution is -2.31. The Balaban J connectivity index is 1.16. The Labute approximate surface area is 338 Å². The van der Waals surface area contributed by atoms with Gasteiger partial charge in [-0.2, -0.15) is 0 Å². The first-order valence-electron chi connectivity index (χ1n) is 20.0. The lowest BCUT2D eigenvalue weighted by molar-refractivity contribution is 0.632. The highest BCUT2D eigenvalue weighted by Gasteiger charge is 2.38. The smallest absolute Gasteiger partial charge is 0.159 e. The minimum absolute atomic E-state index is 0.315. The van der Waals surface area contributed by atoms with Gasteiger partial charge < -0.3 is 14.2 Å². The summed E-state index contributed by atoms with van der Waals surface area (Å²) in [5.74, 6) is 0. The number of anilines is 6. The van der Waals surface area contributed by atoms with Crippen molar-refractivity contribution in [2.45, 2.75) is 19.3 Å². The van der Waals surface area contributed by atoms with Crippen LogP contribution in [0.15, 0.2) is 211 Å². The van der Waals surface area contributed by atoms with Gasteiger partial charge >= 0.3 is 0 Å². The van der Waals surface area contributed by atoms with E-state index in [4.69, 9.17) is 4.42 Å². The molecule has 58 heavy (non-hydrogen) atoms. The molecule has 1 aromatic heterocycles. The molecular formula is C55H40N2O. The molecule has 0 amide bonds. The van der Waals surface area contributed by atoms with Crippen molar-refractivity contribution < 1.29 is 4.42 Å². The van der Waals surface area contributed by atoms with Crippen LogP contribution in [0.25, 0.3) is 55.0 Å². The summed E-state index contributed by atoms with van der Waals surface area (Å²) in [6, 6.07) is 74.4. The first-order chi connectivity index (χ1) is 28.5. The van der Waals surface area contributed by atoms with Gasteiger partial charge in [0.2, 0.25) is 0 Å². The normalized spacial score (nSPS) is 13.1. The van der Waals surface area contributed by atoms with Crippen molar-refractivity contribution >= 4 is 66.8 Å². The third kappa shape index (κ3) is 5.35. The van der Waals surface area contributed by atoms with Crippen molar-refractivity contribution in [1.82, 2.24) is 0 Å². The molecule has 276 valence electrons. The Morgan fingerprint density at radius 2 is 1.07 bits per heavy atom. The minimum atomic E-state index is -0.315. The number of hydrogen-bond acceptors (Lipinski definition) is 3. The predicted molar refractivity (Wildman–Crippen MR) is 244 cm³/mol. The second-order valence-electron chi connectivity index (χ2n) is 15.7. The largest absolute Gasteiger partial charge is 0.454 e. The maximum Gasteiger partial charge on any atom is 0.159 e. The van der Waals surface area contributed by atoms with Gasteiger partial charge in [0.15, 0.2) is 5.58 Å². The van der Waals surface area contributed by atoms with Gasteiger partial charge in [0, 0.05) is 38.5 Å². The lowest BCUT2D eigenvalue weighted by Gasteiger charge is -2.43. The van der Waals surface area contributed by atoms with Gasteiger partial charge in [0.1, 0.15) is 5.58 Å². The maximum atomic E-state index is 6.72. The Bertz CT molecular complexity index is 3140. The molecule has 1 aliphatic heterocycles. The first-order valence-corrected chi connectivity index (χ1v) is 20.0. The van der Waals surface area contributed by atoms with E-state index < -0.39 is 0 Å². The van der Waals surface area contributed by atoms with Gasteiger partial charge in [0.05, 0.1) is 22.7 Å². The maximum absolute atomic E-state index is 6.72. The van der Waals surface area contributed by atoms with Crippen LogP contribution in [0.2, 0.25) is 0 Å². The fourth-order valence-electron chi connectivity index (χ4n) is 9.19. The topological polar surface area (TPSA) is 19.6 Å². The van der Waals surface area contributed by atoms with Crippen LogP contribution in [0.1, 0.15) is 25.0 Å². The van der Waals surface area contributed by atoms with Crippen LogP contribution in [-0.4, -0.2) is 0 Å². The molecule has 0 radical (unpaired) electrons. The summed E-state index contributed by atoms with van der Waals surface area (Å²) in [4.78, 5) is 4.89. The average molecular weight is 745 g/mol.